The van der Waals surface area contributed by atoms with Crippen LogP contribution in [-0.2, 0) is 19.1 Å². The number of nitrogens with two attached hydrogens (primary N) is 1. The fraction of sp³-hybridized carbons (Fsp3) is 0.750. The van der Waals surface area contributed by atoms with Gasteiger partial charge in [-0.2, -0.15) is 0 Å². The van der Waals surface area contributed by atoms with Crippen LogP contribution in [0.15, 0.2) is 0 Å². The van der Waals surface area contributed by atoms with Crippen molar-refractivity contribution in [3.05, 3.63) is 0 Å². The van der Waals surface area contributed by atoms with Crippen LogP contribution in [0.4, 0.5) is 4.79 Å². The summed E-state index contributed by atoms with van der Waals surface area (Å²) in [4.78, 5) is 33.8. The van der Waals surface area contributed by atoms with E-state index in [4.69, 9.17) is 20.3 Å². The molecule has 8 heteroatoms. The van der Waals surface area contributed by atoms with Gasteiger partial charge in [-0.15, -0.1) is 0 Å². The van der Waals surface area contributed by atoms with E-state index < -0.39 is 41.8 Å². The molecular weight excluding hydrogens is 268 g/mol. The highest BCUT2D eigenvalue weighted by Crippen LogP contribution is 2.49. The highest BCUT2D eigenvalue weighted by molar-refractivity contribution is 5.81. The Morgan fingerprint density at radius 2 is 1.95 bits per heavy atom. The number of carbonyl (C=O) groups is 3. The lowest BCUT2D eigenvalue weighted by atomic mass is 10.1. The number of aliphatic carboxylic acids is 1. The molecule has 1 saturated carbocycles. The highest BCUT2D eigenvalue weighted by atomic mass is 16.6. The molecule has 8 nitrogen and oxygen atoms in total. The van der Waals surface area contributed by atoms with Crippen LogP contribution in [0.1, 0.15) is 13.8 Å². The summed E-state index contributed by atoms with van der Waals surface area (Å²) in [5.41, 5.74) is 5.54. The van der Waals surface area contributed by atoms with E-state index in [0.717, 1.165) is 0 Å². The molecule has 0 radical (unpaired) electrons. The van der Waals surface area contributed by atoms with Gasteiger partial charge in [0, 0.05) is 18.4 Å². The average molecular weight is 288 g/mol. The van der Waals surface area contributed by atoms with Crippen molar-refractivity contribution in [2.75, 3.05) is 19.8 Å². The fourth-order valence-corrected chi connectivity index (χ4v) is 2.21. The smallest absolute Gasteiger partial charge is 0.407 e. The first-order chi connectivity index (χ1) is 9.43. The molecule has 0 aromatic carbocycles. The van der Waals surface area contributed by atoms with Gasteiger partial charge in [0.15, 0.2) is 0 Å². The minimum atomic E-state index is -1.19. The van der Waals surface area contributed by atoms with Crippen LogP contribution in [-0.4, -0.2) is 48.9 Å². The van der Waals surface area contributed by atoms with Crippen LogP contribution < -0.4 is 11.1 Å². The molecule has 0 heterocycles. The van der Waals surface area contributed by atoms with Crippen LogP contribution in [0.3, 0.4) is 0 Å². The number of carboxylic acid groups (broad SMARTS) is 1. The Labute approximate surface area is 116 Å². The molecule has 1 rings (SSSR count). The zero-order valence-electron chi connectivity index (χ0n) is 11.5. The molecule has 0 aromatic rings. The number of hydrogen-bond donors (Lipinski definition) is 3. The summed E-state index contributed by atoms with van der Waals surface area (Å²) in [6.45, 7) is 3.97. The van der Waals surface area contributed by atoms with Crippen LogP contribution >= 0.6 is 0 Å². The van der Waals surface area contributed by atoms with Crippen molar-refractivity contribution >= 4 is 18.0 Å². The Bertz CT molecular complexity index is 386. The van der Waals surface area contributed by atoms with Crippen molar-refractivity contribution in [2.24, 2.45) is 23.5 Å². The lowest BCUT2D eigenvalue weighted by Crippen LogP contribution is -2.34. The Morgan fingerprint density at radius 1 is 1.30 bits per heavy atom. The molecule has 1 amide bonds. The van der Waals surface area contributed by atoms with Crippen LogP contribution in [0.25, 0.3) is 0 Å². The van der Waals surface area contributed by atoms with Gasteiger partial charge in [0.05, 0.1) is 19.1 Å². The van der Waals surface area contributed by atoms with Gasteiger partial charge in [0.1, 0.15) is 6.04 Å². The minimum absolute atomic E-state index is 0.0546. The molecule has 114 valence electrons. The van der Waals surface area contributed by atoms with Crippen molar-refractivity contribution in [1.29, 1.82) is 0 Å². The lowest BCUT2D eigenvalue weighted by Gasteiger charge is -2.06. The number of rotatable bonds is 7. The lowest BCUT2D eigenvalue weighted by molar-refractivity contribution is -0.145. The first-order valence-corrected chi connectivity index (χ1v) is 6.49. The third kappa shape index (κ3) is 3.83. The maximum absolute atomic E-state index is 11.7. The first-order valence-electron chi connectivity index (χ1n) is 6.49. The number of ether oxygens (including phenoxy) is 2. The molecule has 4 unspecified atom stereocenters. The number of nitrogens with one attached hydrogen (secondary N) is 1. The molecule has 0 aliphatic heterocycles. The second-order valence-electron chi connectivity index (χ2n) is 4.51. The van der Waals surface area contributed by atoms with E-state index in [1.54, 1.807) is 13.8 Å². The topological polar surface area (TPSA) is 128 Å². The third-order valence-electron chi connectivity index (χ3n) is 3.22. The molecule has 20 heavy (non-hydrogen) atoms. The molecule has 1 fully saturated rings. The fourth-order valence-electron chi connectivity index (χ4n) is 2.21. The van der Waals surface area contributed by atoms with Crippen LogP contribution in [0.5, 0.6) is 0 Å². The first kappa shape index (κ1) is 16.2. The highest BCUT2D eigenvalue weighted by Gasteiger charge is 2.60. The maximum atomic E-state index is 11.7. The largest absolute Gasteiger partial charge is 0.480 e. The predicted octanol–water partition coefficient (Wildman–Crippen LogP) is -0.430. The Balaban J connectivity index is 2.59. The van der Waals surface area contributed by atoms with Crippen LogP contribution in [0.2, 0.25) is 0 Å². The summed E-state index contributed by atoms with van der Waals surface area (Å²) in [6.07, 6.45) is -0.607. The van der Waals surface area contributed by atoms with Crippen molar-refractivity contribution in [1.82, 2.24) is 5.32 Å². The van der Waals surface area contributed by atoms with Crippen molar-refractivity contribution < 1.29 is 29.0 Å². The second-order valence-corrected chi connectivity index (χ2v) is 4.51. The minimum Gasteiger partial charge on any atom is -0.480 e. The summed E-state index contributed by atoms with van der Waals surface area (Å²) in [6, 6.07) is -1.17. The molecule has 4 N–H and O–H groups in total. The third-order valence-corrected chi connectivity index (χ3v) is 3.22. The number of alkyl carbamates (subject to hydrolysis) is 1. The van der Waals surface area contributed by atoms with Gasteiger partial charge in [-0.1, -0.05) is 0 Å². The Kier molecular flexibility index (Phi) is 5.75. The molecule has 0 bridgehead atoms. The standard InChI is InChI=1S/C12H20N2O6/c1-3-14-12(18)20-5-6-7(9(13)10(15)16)8(6)11(17)19-4-2/h6-9H,3-5,13H2,1-2H3,(H,14,18)(H,15,16). The maximum Gasteiger partial charge on any atom is 0.407 e. The van der Waals surface area contributed by atoms with Crippen molar-refractivity contribution in [3.8, 4) is 0 Å². The second kappa shape index (κ2) is 7.09. The molecule has 1 aliphatic rings. The van der Waals surface area contributed by atoms with Gasteiger partial charge in [-0.05, 0) is 13.8 Å². The van der Waals surface area contributed by atoms with Gasteiger partial charge in [0.25, 0.3) is 0 Å². The Hall–Kier alpha value is -1.83. The summed E-state index contributed by atoms with van der Waals surface area (Å²) in [5, 5.41) is 11.3. The van der Waals surface area contributed by atoms with E-state index in [0.29, 0.717) is 6.54 Å². The zero-order valence-corrected chi connectivity index (χ0v) is 11.5. The number of esters is 1. The van der Waals surface area contributed by atoms with Gasteiger partial charge < -0.3 is 25.6 Å². The molecule has 0 saturated heterocycles. The van der Waals surface area contributed by atoms with E-state index >= 15 is 0 Å². The number of carboxylic acids is 1. The normalized spacial score (nSPS) is 25.4. The van der Waals surface area contributed by atoms with E-state index in [1.807, 2.05) is 0 Å². The summed E-state index contributed by atoms with van der Waals surface area (Å²) < 4.78 is 9.79. The number of hydrogen-bond acceptors (Lipinski definition) is 6. The predicted molar refractivity (Wildman–Crippen MR) is 67.7 cm³/mol. The Morgan fingerprint density at radius 3 is 2.45 bits per heavy atom. The summed E-state index contributed by atoms with van der Waals surface area (Å²) in [7, 11) is 0. The van der Waals surface area contributed by atoms with E-state index in [9.17, 15) is 14.4 Å². The molecule has 4 atom stereocenters. The monoisotopic (exact) mass is 288 g/mol. The molecular formula is C12H20N2O6. The average Bonchev–Trinajstić information content (AvgIpc) is 3.10. The van der Waals surface area contributed by atoms with Gasteiger partial charge >= 0.3 is 18.0 Å². The van der Waals surface area contributed by atoms with Gasteiger partial charge in [-0.25, -0.2) is 4.79 Å². The zero-order chi connectivity index (χ0) is 15.3. The SMILES string of the molecule is CCNC(=O)OCC1C(C(=O)OCC)C1C(N)C(=O)O. The molecule has 1 aliphatic carbocycles. The van der Waals surface area contributed by atoms with E-state index in [2.05, 4.69) is 5.32 Å². The van der Waals surface area contributed by atoms with E-state index in [1.165, 1.54) is 0 Å². The quantitative estimate of drug-likeness (QED) is 0.542. The van der Waals surface area contributed by atoms with Crippen molar-refractivity contribution in [3.63, 3.8) is 0 Å². The number of amides is 1. The van der Waals surface area contributed by atoms with Gasteiger partial charge in [0.2, 0.25) is 0 Å². The van der Waals surface area contributed by atoms with Gasteiger partial charge in [-0.3, -0.25) is 9.59 Å². The summed E-state index contributed by atoms with van der Waals surface area (Å²) >= 11 is 0. The number of carbonyl (C=O) groups excluding carboxylic acids is 2. The summed E-state index contributed by atoms with van der Waals surface area (Å²) in [5.74, 6) is -3.30. The molecule has 0 spiro atoms. The molecule has 0 aromatic heterocycles. The van der Waals surface area contributed by atoms with Crippen LogP contribution in [0, 0.1) is 17.8 Å². The van der Waals surface area contributed by atoms with Crippen molar-refractivity contribution in [2.45, 2.75) is 19.9 Å². The van der Waals surface area contributed by atoms with E-state index in [-0.39, 0.29) is 13.2 Å².